The molecular formula is C22H26N4O3S. The molecule has 0 saturated carbocycles. The lowest BCUT2D eigenvalue weighted by Crippen LogP contribution is -2.38. The maximum atomic E-state index is 13.0. The van der Waals surface area contributed by atoms with E-state index in [2.05, 4.69) is 14.5 Å². The molecular weight excluding hydrogens is 400 g/mol. The number of amides is 1. The Labute approximate surface area is 180 Å². The Balaban J connectivity index is 1.33. The van der Waals surface area contributed by atoms with Gasteiger partial charge in [0.25, 0.3) is 5.91 Å². The largest absolute Gasteiger partial charge is 0.382 e. The van der Waals surface area contributed by atoms with Crippen LogP contribution < -0.4 is 0 Å². The van der Waals surface area contributed by atoms with Gasteiger partial charge in [-0.3, -0.25) is 9.78 Å². The predicted octanol–water partition coefficient (Wildman–Crippen LogP) is 3.65. The number of carbonyl (C=O) groups excluding carboxylic acids is 1. The lowest BCUT2D eigenvalue weighted by molar-refractivity contribution is 0.0318. The van der Waals surface area contributed by atoms with Crippen LogP contribution in [0.3, 0.4) is 0 Å². The van der Waals surface area contributed by atoms with Crippen LogP contribution in [0.25, 0.3) is 10.6 Å². The number of hydrogen-bond acceptors (Lipinski definition) is 6. The molecule has 1 aliphatic rings. The Morgan fingerprint density at radius 2 is 2.00 bits per heavy atom. The van der Waals surface area contributed by atoms with E-state index in [1.54, 1.807) is 13.3 Å². The highest BCUT2D eigenvalue weighted by Crippen LogP contribution is 2.31. The van der Waals surface area contributed by atoms with E-state index in [0.717, 1.165) is 47.2 Å². The zero-order valence-electron chi connectivity index (χ0n) is 17.1. The van der Waals surface area contributed by atoms with Gasteiger partial charge in [-0.2, -0.15) is 0 Å². The fourth-order valence-corrected chi connectivity index (χ4v) is 4.64. The van der Waals surface area contributed by atoms with Crippen LogP contribution in [-0.2, 0) is 16.2 Å². The monoisotopic (exact) mass is 426 g/mol. The number of nitrogens with zero attached hydrogens (tertiary/aromatic N) is 4. The van der Waals surface area contributed by atoms with E-state index < -0.39 is 0 Å². The number of ether oxygens (including phenoxy) is 2. The molecule has 1 saturated heterocycles. The molecule has 158 valence electrons. The van der Waals surface area contributed by atoms with E-state index in [1.807, 2.05) is 47.6 Å². The number of likely N-dealkylation sites (tertiary alicyclic amines) is 1. The van der Waals surface area contributed by atoms with Crippen LogP contribution >= 0.6 is 11.3 Å². The Kier molecular flexibility index (Phi) is 6.88. The van der Waals surface area contributed by atoms with Crippen LogP contribution in [0.2, 0.25) is 0 Å². The average molecular weight is 427 g/mol. The van der Waals surface area contributed by atoms with Crippen LogP contribution in [0.15, 0.2) is 48.9 Å². The summed E-state index contributed by atoms with van der Waals surface area (Å²) in [6, 6.07) is 9.71. The van der Waals surface area contributed by atoms with Crippen molar-refractivity contribution in [2.45, 2.75) is 25.5 Å². The summed E-state index contributed by atoms with van der Waals surface area (Å²) < 4.78 is 12.7. The van der Waals surface area contributed by atoms with Crippen molar-refractivity contribution in [1.82, 2.24) is 19.4 Å². The van der Waals surface area contributed by atoms with E-state index in [9.17, 15) is 4.79 Å². The standard InChI is InChI=1S/C22H26N4O3S/c1-28-14-15-29-16-26-13-10-24-21(26)17-7-11-25(12-8-17)22(27)20-6-5-19(30-20)18-4-2-3-9-23-18/h2-6,9-10,13,17H,7-8,11-12,14-16H2,1H3. The highest BCUT2D eigenvalue weighted by atomic mass is 32.1. The minimum Gasteiger partial charge on any atom is -0.382 e. The minimum atomic E-state index is 0.104. The summed E-state index contributed by atoms with van der Waals surface area (Å²) in [5.74, 6) is 1.47. The second-order valence-electron chi connectivity index (χ2n) is 7.23. The first kappa shape index (κ1) is 20.7. The number of carbonyl (C=O) groups is 1. The van der Waals surface area contributed by atoms with Crippen LogP contribution in [0, 0.1) is 0 Å². The molecule has 1 aliphatic heterocycles. The van der Waals surface area contributed by atoms with Crippen molar-refractivity contribution < 1.29 is 14.3 Å². The number of rotatable bonds is 8. The normalized spacial score (nSPS) is 14.9. The van der Waals surface area contributed by atoms with Gasteiger partial charge in [-0.05, 0) is 37.1 Å². The molecule has 1 amide bonds. The van der Waals surface area contributed by atoms with Crippen LogP contribution in [0.4, 0.5) is 0 Å². The zero-order valence-corrected chi connectivity index (χ0v) is 17.9. The highest BCUT2D eigenvalue weighted by Gasteiger charge is 2.27. The second-order valence-corrected chi connectivity index (χ2v) is 8.31. The molecule has 4 rings (SSSR count). The Hall–Kier alpha value is -2.55. The predicted molar refractivity (Wildman–Crippen MR) is 115 cm³/mol. The van der Waals surface area contributed by atoms with Crippen LogP contribution in [0.1, 0.15) is 34.3 Å². The molecule has 3 aromatic heterocycles. The van der Waals surface area contributed by atoms with E-state index in [1.165, 1.54) is 11.3 Å². The van der Waals surface area contributed by atoms with Gasteiger partial charge in [-0.25, -0.2) is 4.98 Å². The molecule has 1 fully saturated rings. The molecule has 0 atom stereocenters. The number of piperidine rings is 1. The fraction of sp³-hybridized carbons (Fsp3) is 0.409. The highest BCUT2D eigenvalue weighted by molar-refractivity contribution is 7.17. The van der Waals surface area contributed by atoms with Gasteiger partial charge < -0.3 is 18.9 Å². The van der Waals surface area contributed by atoms with E-state index in [0.29, 0.717) is 25.9 Å². The van der Waals surface area contributed by atoms with E-state index in [-0.39, 0.29) is 5.91 Å². The van der Waals surface area contributed by atoms with Gasteiger partial charge >= 0.3 is 0 Å². The summed E-state index contributed by atoms with van der Waals surface area (Å²) in [5, 5.41) is 0. The molecule has 4 heterocycles. The first-order valence-corrected chi connectivity index (χ1v) is 11.0. The number of methoxy groups -OCH3 is 1. The summed E-state index contributed by atoms with van der Waals surface area (Å²) in [4.78, 5) is 25.6. The molecule has 0 unspecified atom stereocenters. The average Bonchev–Trinajstić information content (AvgIpc) is 3.47. The Morgan fingerprint density at radius 1 is 1.13 bits per heavy atom. The third-order valence-electron chi connectivity index (χ3n) is 5.29. The number of pyridine rings is 1. The fourth-order valence-electron chi connectivity index (χ4n) is 3.69. The van der Waals surface area contributed by atoms with Crippen LogP contribution in [0.5, 0.6) is 0 Å². The number of aromatic nitrogens is 3. The van der Waals surface area contributed by atoms with E-state index >= 15 is 0 Å². The zero-order chi connectivity index (χ0) is 20.8. The van der Waals surface area contributed by atoms with Gasteiger partial charge in [0.05, 0.1) is 28.7 Å². The van der Waals surface area contributed by atoms with Crippen molar-refractivity contribution >= 4 is 17.2 Å². The van der Waals surface area contributed by atoms with Crippen molar-refractivity contribution in [3.63, 3.8) is 0 Å². The number of hydrogen-bond donors (Lipinski definition) is 0. The summed E-state index contributed by atoms with van der Waals surface area (Å²) in [7, 11) is 1.66. The SMILES string of the molecule is COCCOCn1ccnc1C1CCN(C(=O)c2ccc(-c3ccccn3)s2)CC1. The van der Waals surface area contributed by atoms with Gasteiger partial charge in [0, 0.05) is 44.7 Å². The molecule has 8 heteroatoms. The molecule has 0 bridgehead atoms. The molecule has 3 aromatic rings. The summed E-state index contributed by atoms with van der Waals surface area (Å²) >= 11 is 1.50. The smallest absolute Gasteiger partial charge is 0.263 e. The Morgan fingerprint density at radius 3 is 2.77 bits per heavy atom. The summed E-state index contributed by atoms with van der Waals surface area (Å²) in [6.45, 7) is 3.08. The summed E-state index contributed by atoms with van der Waals surface area (Å²) in [6.07, 6.45) is 7.34. The molecule has 0 N–H and O–H groups in total. The van der Waals surface area contributed by atoms with E-state index in [4.69, 9.17) is 9.47 Å². The second kappa shape index (κ2) is 9.97. The molecule has 30 heavy (non-hydrogen) atoms. The molecule has 0 radical (unpaired) electrons. The lowest BCUT2D eigenvalue weighted by atomic mass is 9.96. The first-order valence-electron chi connectivity index (χ1n) is 10.1. The van der Waals surface area contributed by atoms with Gasteiger partial charge in [-0.1, -0.05) is 6.07 Å². The van der Waals surface area contributed by atoms with Crippen molar-refractivity contribution in [2.24, 2.45) is 0 Å². The maximum Gasteiger partial charge on any atom is 0.263 e. The molecule has 0 spiro atoms. The third kappa shape index (κ3) is 4.77. The first-order chi connectivity index (χ1) is 14.8. The number of imidazole rings is 1. The van der Waals surface area contributed by atoms with Crippen molar-refractivity contribution in [2.75, 3.05) is 33.4 Å². The lowest BCUT2D eigenvalue weighted by Gasteiger charge is -2.31. The molecule has 0 aromatic carbocycles. The molecule has 7 nitrogen and oxygen atoms in total. The van der Waals surface area contributed by atoms with Gasteiger partial charge in [-0.15, -0.1) is 11.3 Å². The van der Waals surface area contributed by atoms with Gasteiger partial charge in [0.1, 0.15) is 12.6 Å². The third-order valence-corrected chi connectivity index (χ3v) is 6.39. The Bertz CT molecular complexity index is 948. The van der Waals surface area contributed by atoms with Gasteiger partial charge in [0.15, 0.2) is 0 Å². The topological polar surface area (TPSA) is 69.5 Å². The number of thiophene rings is 1. The quantitative estimate of drug-likeness (QED) is 0.514. The van der Waals surface area contributed by atoms with Crippen molar-refractivity contribution in [1.29, 1.82) is 0 Å². The molecule has 0 aliphatic carbocycles. The summed E-state index contributed by atoms with van der Waals surface area (Å²) in [5.41, 5.74) is 0.903. The van der Waals surface area contributed by atoms with Gasteiger partial charge in [0.2, 0.25) is 0 Å². The van der Waals surface area contributed by atoms with Crippen LogP contribution in [-0.4, -0.2) is 58.8 Å². The minimum absolute atomic E-state index is 0.104. The van der Waals surface area contributed by atoms with Crippen molar-refractivity contribution in [3.8, 4) is 10.6 Å². The van der Waals surface area contributed by atoms with Crippen molar-refractivity contribution in [3.05, 3.63) is 59.6 Å². The maximum absolute atomic E-state index is 13.0.